The van der Waals surface area contributed by atoms with E-state index in [9.17, 15) is 18.3 Å². The Bertz CT molecular complexity index is 470. The van der Waals surface area contributed by atoms with Gasteiger partial charge in [-0.3, -0.25) is 0 Å². The molecule has 1 aromatic rings. The molecule has 0 unspecified atom stereocenters. The summed E-state index contributed by atoms with van der Waals surface area (Å²) in [6.45, 7) is 1.57. The van der Waals surface area contributed by atoms with Gasteiger partial charge in [0.2, 0.25) is 0 Å². The normalized spacial score (nSPS) is 17.9. The Labute approximate surface area is 119 Å². The van der Waals surface area contributed by atoms with Gasteiger partial charge in [0.05, 0.1) is 30.8 Å². The number of hydrogen-bond donors (Lipinski definition) is 2. The van der Waals surface area contributed by atoms with Crippen LogP contribution < -0.4 is 5.32 Å². The summed E-state index contributed by atoms with van der Waals surface area (Å²) in [7, 11) is 0. The highest BCUT2D eigenvalue weighted by Crippen LogP contribution is 2.32. The average Bonchev–Trinajstić information content (AvgIpc) is 2.33. The number of aliphatic hydroxyl groups excluding tert-OH is 1. The van der Waals surface area contributed by atoms with Crippen LogP contribution in [0, 0.1) is 5.41 Å². The third-order valence-corrected chi connectivity index (χ3v) is 3.71. The van der Waals surface area contributed by atoms with Crippen LogP contribution in [0.2, 0.25) is 5.02 Å². The van der Waals surface area contributed by atoms with E-state index >= 15 is 0 Å². The first-order valence-corrected chi connectivity index (χ1v) is 6.49. The smallest absolute Gasteiger partial charge is 0.396 e. The maximum Gasteiger partial charge on any atom is 0.416 e. The van der Waals surface area contributed by atoms with Crippen molar-refractivity contribution < 1.29 is 23.0 Å². The Morgan fingerprint density at radius 2 is 2.05 bits per heavy atom. The zero-order chi connectivity index (χ0) is 14.8. The van der Waals surface area contributed by atoms with Crippen molar-refractivity contribution >= 4 is 11.6 Å². The molecule has 112 valence electrons. The second kappa shape index (κ2) is 5.89. The Kier molecular flexibility index (Phi) is 4.59. The standard InChI is InChI=1S/C13H15ClF3NO2/c14-11-2-1-10(13(15,16)17)3-9(11)4-18-5-12(6-19)7-20-8-12/h1-3,18-19H,4-8H2. The molecule has 0 radical (unpaired) electrons. The molecule has 1 heterocycles. The molecule has 1 aliphatic heterocycles. The second-order valence-corrected chi connectivity index (χ2v) is 5.47. The lowest BCUT2D eigenvalue weighted by Gasteiger charge is -2.40. The average molecular weight is 310 g/mol. The summed E-state index contributed by atoms with van der Waals surface area (Å²) in [6, 6.07) is 3.24. The van der Waals surface area contributed by atoms with Gasteiger partial charge in [-0.1, -0.05) is 11.6 Å². The fourth-order valence-electron chi connectivity index (χ4n) is 1.99. The van der Waals surface area contributed by atoms with Crippen molar-refractivity contribution in [3.8, 4) is 0 Å². The number of ether oxygens (including phenoxy) is 1. The fourth-order valence-corrected chi connectivity index (χ4v) is 2.17. The molecule has 3 nitrogen and oxygen atoms in total. The monoisotopic (exact) mass is 309 g/mol. The van der Waals surface area contributed by atoms with Crippen molar-refractivity contribution in [1.82, 2.24) is 5.32 Å². The molecule has 20 heavy (non-hydrogen) atoms. The molecule has 1 aromatic carbocycles. The van der Waals surface area contributed by atoms with E-state index in [1.54, 1.807) is 0 Å². The van der Waals surface area contributed by atoms with Gasteiger partial charge in [0, 0.05) is 18.1 Å². The highest BCUT2D eigenvalue weighted by Gasteiger charge is 2.37. The maximum absolute atomic E-state index is 12.6. The molecule has 0 bridgehead atoms. The van der Waals surface area contributed by atoms with Gasteiger partial charge in [0.25, 0.3) is 0 Å². The summed E-state index contributed by atoms with van der Waals surface area (Å²) in [5, 5.41) is 12.6. The van der Waals surface area contributed by atoms with Crippen molar-refractivity contribution in [3.63, 3.8) is 0 Å². The number of hydrogen-bond acceptors (Lipinski definition) is 3. The first kappa shape index (κ1) is 15.6. The molecule has 0 amide bonds. The van der Waals surface area contributed by atoms with E-state index in [-0.39, 0.29) is 23.6 Å². The number of rotatable bonds is 5. The minimum absolute atomic E-state index is 0.0175. The van der Waals surface area contributed by atoms with E-state index in [1.165, 1.54) is 6.07 Å². The van der Waals surface area contributed by atoms with E-state index in [0.29, 0.717) is 25.3 Å². The molecule has 7 heteroatoms. The predicted octanol–water partition coefficient (Wildman–Crippen LogP) is 2.46. The molecule has 2 rings (SSSR count). The summed E-state index contributed by atoms with van der Waals surface area (Å²) < 4.78 is 42.9. The van der Waals surface area contributed by atoms with E-state index in [4.69, 9.17) is 16.3 Å². The van der Waals surface area contributed by atoms with Crippen LogP contribution in [-0.4, -0.2) is 31.5 Å². The molecule has 0 aliphatic carbocycles. The van der Waals surface area contributed by atoms with E-state index in [2.05, 4.69) is 5.32 Å². The van der Waals surface area contributed by atoms with Crippen LogP contribution in [0.15, 0.2) is 18.2 Å². The number of nitrogens with one attached hydrogen (secondary N) is 1. The number of halogens is 4. The molecule has 2 N–H and O–H groups in total. The molecular weight excluding hydrogens is 295 g/mol. The van der Waals surface area contributed by atoms with Gasteiger partial charge in [-0.05, 0) is 23.8 Å². The van der Waals surface area contributed by atoms with Crippen LogP contribution in [0.4, 0.5) is 13.2 Å². The minimum atomic E-state index is -4.38. The van der Waals surface area contributed by atoms with Gasteiger partial charge >= 0.3 is 6.18 Å². The molecule has 0 atom stereocenters. The lowest BCUT2D eigenvalue weighted by atomic mass is 9.87. The van der Waals surface area contributed by atoms with Crippen molar-refractivity contribution in [2.24, 2.45) is 5.41 Å². The number of aliphatic hydroxyl groups is 1. The molecule has 0 aromatic heterocycles. The maximum atomic E-state index is 12.6. The fraction of sp³-hybridized carbons (Fsp3) is 0.538. The van der Waals surface area contributed by atoms with Gasteiger partial charge in [-0.25, -0.2) is 0 Å². The van der Waals surface area contributed by atoms with Crippen LogP contribution in [0.3, 0.4) is 0 Å². The van der Waals surface area contributed by atoms with Crippen LogP contribution in [0.25, 0.3) is 0 Å². The molecule has 1 fully saturated rings. The highest BCUT2D eigenvalue weighted by molar-refractivity contribution is 6.31. The van der Waals surface area contributed by atoms with Gasteiger partial charge < -0.3 is 15.2 Å². The molecule has 0 spiro atoms. The number of alkyl halides is 3. The summed E-state index contributed by atoms with van der Waals surface area (Å²) in [5.74, 6) is 0. The third-order valence-electron chi connectivity index (χ3n) is 3.34. The lowest BCUT2D eigenvalue weighted by molar-refractivity contribution is -0.137. The zero-order valence-corrected chi connectivity index (χ0v) is 11.4. The van der Waals surface area contributed by atoms with Crippen molar-refractivity contribution in [3.05, 3.63) is 34.3 Å². The summed E-state index contributed by atoms with van der Waals surface area (Å²) in [5.41, 5.74) is -0.661. The van der Waals surface area contributed by atoms with Gasteiger partial charge in [0.1, 0.15) is 0 Å². The summed E-state index contributed by atoms with van der Waals surface area (Å²) in [4.78, 5) is 0. The quantitative estimate of drug-likeness (QED) is 0.878. The Balaban J connectivity index is 1.98. The third kappa shape index (κ3) is 3.44. The highest BCUT2D eigenvalue weighted by atomic mass is 35.5. The van der Waals surface area contributed by atoms with Crippen LogP contribution in [0.1, 0.15) is 11.1 Å². The molecule has 1 saturated heterocycles. The minimum Gasteiger partial charge on any atom is -0.396 e. The van der Waals surface area contributed by atoms with Gasteiger partial charge in [-0.15, -0.1) is 0 Å². The van der Waals surface area contributed by atoms with E-state index in [1.807, 2.05) is 0 Å². The summed E-state index contributed by atoms with van der Waals surface area (Å²) in [6.07, 6.45) is -4.38. The van der Waals surface area contributed by atoms with Crippen molar-refractivity contribution in [2.45, 2.75) is 12.7 Å². The number of benzene rings is 1. The Hall–Kier alpha value is -0.820. The SMILES string of the molecule is OCC1(CNCc2cc(C(F)(F)F)ccc2Cl)COC1. The van der Waals surface area contributed by atoms with Crippen molar-refractivity contribution in [1.29, 1.82) is 0 Å². The molecule has 1 aliphatic rings. The first-order valence-electron chi connectivity index (χ1n) is 6.11. The van der Waals surface area contributed by atoms with Gasteiger partial charge in [-0.2, -0.15) is 13.2 Å². The zero-order valence-electron chi connectivity index (χ0n) is 10.6. The largest absolute Gasteiger partial charge is 0.416 e. The van der Waals surface area contributed by atoms with Crippen LogP contribution >= 0.6 is 11.6 Å². The second-order valence-electron chi connectivity index (χ2n) is 5.06. The first-order chi connectivity index (χ1) is 9.36. The lowest BCUT2D eigenvalue weighted by Crippen LogP contribution is -2.52. The molecule has 0 saturated carbocycles. The van der Waals surface area contributed by atoms with Crippen LogP contribution in [-0.2, 0) is 17.5 Å². The van der Waals surface area contributed by atoms with E-state index < -0.39 is 11.7 Å². The molecular formula is C13H15ClF3NO2. The topological polar surface area (TPSA) is 41.5 Å². The Morgan fingerprint density at radius 1 is 1.35 bits per heavy atom. The van der Waals surface area contributed by atoms with E-state index in [0.717, 1.165) is 12.1 Å². The van der Waals surface area contributed by atoms with Crippen molar-refractivity contribution in [2.75, 3.05) is 26.4 Å². The Morgan fingerprint density at radius 3 is 2.55 bits per heavy atom. The van der Waals surface area contributed by atoms with Gasteiger partial charge in [0.15, 0.2) is 0 Å². The summed E-state index contributed by atoms with van der Waals surface area (Å²) >= 11 is 5.90. The van der Waals surface area contributed by atoms with Crippen LogP contribution in [0.5, 0.6) is 0 Å². The predicted molar refractivity (Wildman–Crippen MR) is 68.5 cm³/mol.